The van der Waals surface area contributed by atoms with Crippen LogP contribution in [0.15, 0.2) is 57.0 Å². The van der Waals surface area contributed by atoms with Crippen molar-refractivity contribution in [3.05, 3.63) is 75.3 Å². The highest BCUT2D eigenvalue weighted by Gasteiger charge is 2.11. The fraction of sp³-hybridized carbons (Fsp3) is 0.200. The smallest absolute Gasteiger partial charge is 0.277 e. The molecule has 0 amide bonds. The number of hydrogen-bond acceptors (Lipinski definition) is 6. The van der Waals surface area contributed by atoms with Gasteiger partial charge in [0.25, 0.3) is 10.8 Å². The highest BCUT2D eigenvalue weighted by molar-refractivity contribution is 7.98. The number of thioether (sulfide) groups is 1. The van der Waals surface area contributed by atoms with E-state index >= 15 is 0 Å². The molecule has 0 N–H and O–H groups in total. The van der Waals surface area contributed by atoms with Crippen LogP contribution in [-0.2, 0) is 5.75 Å². The monoisotopic (exact) mass is 378 g/mol. The topological polar surface area (TPSA) is 73.3 Å². The number of pyridine rings is 1. The quantitative estimate of drug-likeness (QED) is 0.501. The summed E-state index contributed by atoms with van der Waals surface area (Å²) in [4.78, 5) is 16.8. The normalized spacial score (nSPS) is 11.2. The number of aryl methyl sites for hydroxylation is 3. The SMILES string of the molecule is Cc1ccc2nc(CSc3nnc(-c4ccc(C)c(C)c4)o3)cc(=O)n2c1. The molecule has 6 nitrogen and oxygen atoms in total. The summed E-state index contributed by atoms with van der Waals surface area (Å²) in [6.45, 7) is 6.06. The molecule has 27 heavy (non-hydrogen) atoms. The predicted octanol–water partition coefficient (Wildman–Crippen LogP) is 3.96. The lowest BCUT2D eigenvalue weighted by molar-refractivity contribution is 0.465. The summed E-state index contributed by atoms with van der Waals surface area (Å²) in [5, 5.41) is 8.67. The van der Waals surface area contributed by atoms with E-state index in [1.165, 1.54) is 22.9 Å². The zero-order valence-corrected chi connectivity index (χ0v) is 16.1. The lowest BCUT2D eigenvalue weighted by atomic mass is 10.1. The van der Waals surface area contributed by atoms with Crippen molar-refractivity contribution < 1.29 is 4.42 Å². The lowest BCUT2D eigenvalue weighted by Crippen LogP contribution is -2.15. The Morgan fingerprint density at radius 1 is 1.04 bits per heavy atom. The summed E-state index contributed by atoms with van der Waals surface area (Å²) < 4.78 is 7.30. The van der Waals surface area contributed by atoms with Crippen molar-refractivity contribution in [2.45, 2.75) is 31.7 Å². The molecular weight excluding hydrogens is 360 g/mol. The Hall–Kier alpha value is -2.93. The number of fused-ring (bicyclic) bond motifs is 1. The summed E-state index contributed by atoms with van der Waals surface area (Å²) in [7, 11) is 0. The van der Waals surface area contributed by atoms with Gasteiger partial charge in [-0.15, -0.1) is 10.2 Å². The molecule has 0 atom stereocenters. The predicted molar refractivity (Wildman–Crippen MR) is 105 cm³/mol. The van der Waals surface area contributed by atoms with E-state index in [1.54, 1.807) is 16.7 Å². The van der Waals surface area contributed by atoms with Crippen molar-refractivity contribution in [1.29, 1.82) is 0 Å². The second kappa shape index (κ2) is 7.00. The van der Waals surface area contributed by atoms with Gasteiger partial charge in [-0.25, -0.2) is 4.98 Å². The molecule has 0 bridgehead atoms. The molecule has 7 heteroatoms. The molecular formula is C20H18N4O2S. The van der Waals surface area contributed by atoms with Crippen LogP contribution in [0.5, 0.6) is 0 Å². The molecule has 0 saturated heterocycles. The lowest BCUT2D eigenvalue weighted by Gasteiger charge is -2.04. The van der Waals surface area contributed by atoms with E-state index < -0.39 is 0 Å². The van der Waals surface area contributed by atoms with Crippen molar-refractivity contribution in [3.8, 4) is 11.5 Å². The van der Waals surface area contributed by atoms with Gasteiger partial charge in [-0.05, 0) is 55.7 Å². The van der Waals surface area contributed by atoms with Gasteiger partial charge in [0, 0.05) is 23.6 Å². The molecule has 4 aromatic rings. The molecule has 0 radical (unpaired) electrons. The average Bonchev–Trinajstić information content (AvgIpc) is 3.12. The second-order valence-corrected chi connectivity index (χ2v) is 7.41. The number of benzene rings is 1. The Kier molecular flexibility index (Phi) is 4.53. The van der Waals surface area contributed by atoms with Crippen LogP contribution >= 0.6 is 11.8 Å². The van der Waals surface area contributed by atoms with Crippen molar-refractivity contribution >= 4 is 17.4 Å². The van der Waals surface area contributed by atoms with Gasteiger partial charge < -0.3 is 4.42 Å². The third kappa shape index (κ3) is 3.64. The van der Waals surface area contributed by atoms with E-state index in [1.807, 2.05) is 37.3 Å². The van der Waals surface area contributed by atoms with E-state index in [0.717, 1.165) is 11.1 Å². The first-order valence-corrected chi connectivity index (χ1v) is 9.51. The fourth-order valence-corrected chi connectivity index (χ4v) is 3.38. The molecule has 0 unspecified atom stereocenters. The number of hydrogen-bond donors (Lipinski definition) is 0. The second-order valence-electron chi connectivity index (χ2n) is 6.48. The van der Waals surface area contributed by atoms with Gasteiger partial charge in [-0.3, -0.25) is 9.20 Å². The van der Waals surface area contributed by atoms with Gasteiger partial charge in [0.05, 0.1) is 5.69 Å². The zero-order chi connectivity index (χ0) is 19.0. The van der Waals surface area contributed by atoms with Crippen LogP contribution in [0.25, 0.3) is 17.1 Å². The summed E-state index contributed by atoms with van der Waals surface area (Å²) in [5.74, 6) is 0.969. The minimum atomic E-state index is -0.0966. The van der Waals surface area contributed by atoms with Crippen LogP contribution in [0.4, 0.5) is 0 Å². The van der Waals surface area contributed by atoms with Crippen molar-refractivity contribution in [2.75, 3.05) is 0 Å². The fourth-order valence-electron chi connectivity index (χ4n) is 2.73. The Morgan fingerprint density at radius 2 is 1.89 bits per heavy atom. The van der Waals surface area contributed by atoms with Gasteiger partial charge in [0.15, 0.2) is 0 Å². The Balaban J connectivity index is 1.53. The van der Waals surface area contributed by atoms with Crippen LogP contribution in [-0.4, -0.2) is 19.6 Å². The van der Waals surface area contributed by atoms with Crippen molar-refractivity contribution in [2.24, 2.45) is 0 Å². The minimum Gasteiger partial charge on any atom is -0.411 e. The van der Waals surface area contributed by atoms with Crippen LogP contribution in [0, 0.1) is 20.8 Å². The van der Waals surface area contributed by atoms with Crippen molar-refractivity contribution in [3.63, 3.8) is 0 Å². The van der Waals surface area contributed by atoms with E-state index in [-0.39, 0.29) is 5.56 Å². The molecule has 0 aliphatic heterocycles. The van der Waals surface area contributed by atoms with Gasteiger partial charge in [0.1, 0.15) is 5.65 Å². The molecule has 0 saturated carbocycles. The first kappa shape index (κ1) is 17.5. The molecule has 0 aliphatic carbocycles. The Labute approximate surface area is 160 Å². The van der Waals surface area contributed by atoms with Crippen LogP contribution in [0.1, 0.15) is 22.4 Å². The number of nitrogens with zero attached hydrogens (tertiary/aromatic N) is 4. The minimum absolute atomic E-state index is 0.0966. The first-order valence-electron chi connectivity index (χ1n) is 8.52. The third-order valence-electron chi connectivity index (χ3n) is 4.36. The van der Waals surface area contributed by atoms with E-state index in [0.29, 0.717) is 28.2 Å². The summed E-state index contributed by atoms with van der Waals surface area (Å²) >= 11 is 1.37. The molecule has 4 rings (SSSR count). The molecule has 1 aromatic carbocycles. The third-order valence-corrected chi connectivity index (χ3v) is 5.22. The molecule has 3 aromatic heterocycles. The average molecular weight is 378 g/mol. The standard InChI is InChI=1S/C20H18N4O2S/c1-12-4-7-17-21-16(9-18(25)24(17)10-12)11-27-20-23-22-19(26-20)15-6-5-13(2)14(3)8-15/h4-10H,11H2,1-3H3. The highest BCUT2D eigenvalue weighted by atomic mass is 32.2. The maximum atomic E-state index is 12.3. The van der Waals surface area contributed by atoms with Crippen molar-refractivity contribution in [1.82, 2.24) is 19.6 Å². The summed E-state index contributed by atoms with van der Waals surface area (Å²) in [5.41, 5.74) is 5.52. The van der Waals surface area contributed by atoms with Gasteiger partial charge in [0.2, 0.25) is 5.89 Å². The highest BCUT2D eigenvalue weighted by Crippen LogP contribution is 2.26. The maximum absolute atomic E-state index is 12.3. The van der Waals surface area contributed by atoms with E-state index in [9.17, 15) is 4.79 Å². The maximum Gasteiger partial charge on any atom is 0.277 e. The van der Waals surface area contributed by atoms with Gasteiger partial charge in [-0.2, -0.15) is 0 Å². The summed E-state index contributed by atoms with van der Waals surface area (Å²) in [6, 6.07) is 11.4. The molecule has 136 valence electrons. The van der Waals surface area contributed by atoms with Crippen LogP contribution in [0.3, 0.4) is 0 Å². The number of aromatic nitrogens is 4. The van der Waals surface area contributed by atoms with Gasteiger partial charge in [-0.1, -0.05) is 23.9 Å². The van der Waals surface area contributed by atoms with E-state index in [4.69, 9.17) is 4.42 Å². The zero-order valence-electron chi connectivity index (χ0n) is 15.3. The Bertz CT molecular complexity index is 1200. The van der Waals surface area contributed by atoms with Crippen LogP contribution < -0.4 is 5.56 Å². The van der Waals surface area contributed by atoms with E-state index in [2.05, 4.69) is 29.0 Å². The summed E-state index contributed by atoms with van der Waals surface area (Å²) in [6.07, 6.45) is 1.79. The Morgan fingerprint density at radius 3 is 2.70 bits per heavy atom. The molecule has 0 spiro atoms. The van der Waals surface area contributed by atoms with Gasteiger partial charge >= 0.3 is 0 Å². The first-order chi connectivity index (χ1) is 13.0. The number of rotatable bonds is 4. The molecule has 0 fully saturated rings. The molecule has 0 aliphatic rings. The molecule has 3 heterocycles. The largest absolute Gasteiger partial charge is 0.411 e. The van der Waals surface area contributed by atoms with Crippen LogP contribution in [0.2, 0.25) is 0 Å².